The standard InChI is InChI=1S/C11H16N2OS/c1-14-10-6-4-9(5-7-10)3-2-8-13-11(12)15/h4-7H,2-3,8H2,1H3,(H3,12,13,15). The molecule has 4 heteroatoms. The maximum Gasteiger partial charge on any atom is 0.163 e. The number of ether oxygens (including phenoxy) is 1. The van der Waals surface area contributed by atoms with E-state index in [-0.39, 0.29) is 0 Å². The maximum atomic E-state index is 5.31. The van der Waals surface area contributed by atoms with Crippen LogP contribution in [0.4, 0.5) is 0 Å². The van der Waals surface area contributed by atoms with Gasteiger partial charge in [0.25, 0.3) is 0 Å². The van der Waals surface area contributed by atoms with Crippen molar-refractivity contribution in [3.8, 4) is 5.75 Å². The van der Waals surface area contributed by atoms with Gasteiger partial charge in [-0.2, -0.15) is 0 Å². The van der Waals surface area contributed by atoms with Crippen molar-refractivity contribution in [1.82, 2.24) is 5.32 Å². The Morgan fingerprint density at radius 2 is 2.07 bits per heavy atom. The van der Waals surface area contributed by atoms with Gasteiger partial charge in [0.15, 0.2) is 5.11 Å². The maximum absolute atomic E-state index is 5.31. The average molecular weight is 224 g/mol. The highest BCUT2D eigenvalue weighted by Crippen LogP contribution is 2.12. The quantitative estimate of drug-likeness (QED) is 0.587. The highest BCUT2D eigenvalue weighted by Gasteiger charge is 1.94. The van der Waals surface area contributed by atoms with E-state index < -0.39 is 0 Å². The third kappa shape index (κ3) is 4.65. The molecule has 15 heavy (non-hydrogen) atoms. The predicted octanol–water partition coefficient (Wildman–Crippen LogP) is 1.46. The van der Waals surface area contributed by atoms with Crippen LogP contribution in [0, 0.1) is 0 Å². The molecule has 0 heterocycles. The van der Waals surface area contributed by atoms with Crippen LogP contribution < -0.4 is 15.8 Å². The molecule has 0 aliphatic heterocycles. The van der Waals surface area contributed by atoms with Gasteiger partial charge in [0.1, 0.15) is 5.75 Å². The molecule has 1 rings (SSSR count). The number of rotatable bonds is 5. The van der Waals surface area contributed by atoms with Gasteiger partial charge in [0.2, 0.25) is 0 Å². The van der Waals surface area contributed by atoms with Gasteiger partial charge in [-0.1, -0.05) is 12.1 Å². The minimum absolute atomic E-state index is 0.365. The van der Waals surface area contributed by atoms with Gasteiger partial charge in [-0.3, -0.25) is 0 Å². The first-order valence-electron chi connectivity index (χ1n) is 4.88. The second kappa shape index (κ2) is 6.24. The molecule has 0 radical (unpaired) electrons. The third-order valence-corrected chi connectivity index (χ3v) is 2.24. The summed E-state index contributed by atoms with van der Waals surface area (Å²) in [6.07, 6.45) is 2.03. The first-order valence-corrected chi connectivity index (χ1v) is 5.29. The normalized spacial score (nSPS) is 9.67. The van der Waals surface area contributed by atoms with Crippen LogP contribution in [0.3, 0.4) is 0 Å². The SMILES string of the molecule is COc1ccc(CCCNC(N)=S)cc1. The minimum atomic E-state index is 0.365. The first kappa shape index (κ1) is 11.8. The number of nitrogens with two attached hydrogens (primary N) is 1. The molecule has 0 aliphatic carbocycles. The summed E-state index contributed by atoms with van der Waals surface area (Å²) in [6.45, 7) is 0.821. The number of benzene rings is 1. The number of aryl methyl sites for hydroxylation is 1. The molecule has 0 amide bonds. The van der Waals surface area contributed by atoms with Gasteiger partial charge in [0.05, 0.1) is 7.11 Å². The van der Waals surface area contributed by atoms with E-state index in [1.807, 2.05) is 12.1 Å². The molecule has 3 N–H and O–H groups in total. The molecule has 0 aromatic heterocycles. The lowest BCUT2D eigenvalue weighted by atomic mass is 10.1. The van der Waals surface area contributed by atoms with Crippen LogP contribution in [0.2, 0.25) is 0 Å². The summed E-state index contributed by atoms with van der Waals surface area (Å²) in [5.74, 6) is 0.889. The fourth-order valence-electron chi connectivity index (χ4n) is 1.30. The molecule has 0 saturated heterocycles. The zero-order valence-electron chi connectivity index (χ0n) is 8.82. The Balaban J connectivity index is 2.28. The first-order chi connectivity index (χ1) is 7.22. The van der Waals surface area contributed by atoms with E-state index >= 15 is 0 Å². The lowest BCUT2D eigenvalue weighted by molar-refractivity contribution is 0.414. The number of thiocarbonyl (C=S) groups is 1. The van der Waals surface area contributed by atoms with Gasteiger partial charge in [-0.05, 0) is 42.8 Å². The molecular weight excluding hydrogens is 208 g/mol. The summed E-state index contributed by atoms with van der Waals surface area (Å²) in [7, 11) is 1.67. The van der Waals surface area contributed by atoms with E-state index in [0.717, 1.165) is 25.1 Å². The number of hydrogen-bond acceptors (Lipinski definition) is 2. The van der Waals surface area contributed by atoms with Crippen LogP contribution in [0.15, 0.2) is 24.3 Å². The topological polar surface area (TPSA) is 47.3 Å². The van der Waals surface area contributed by atoms with E-state index in [9.17, 15) is 0 Å². The Labute approximate surface area is 95.6 Å². The number of hydrogen-bond donors (Lipinski definition) is 2. The molecule has 0 spiro atoms. The molecule has 0 saturated carbocycles. The zero-order valence-corrected chi connectivity index (χ0v) is 9.64. The van der Waals surface area contributed by atoms with Gasteiger partial charge in [-0.25, -0.2) is 0 Å². The molecule has 3 nitrogen and oxygen atoms in total. The Kier molecular flexibility index (Phi) is 4.90. The Morgan fingerprint density at radius 1 is 1.40 bits per heavy atom. The molecule has 0 bridgehead atoms. The van der Waals surface area contributed by atoms with Gasteiger partial charge in [-0.15, -0.1) is 0 Å². The number of nitrogens with one attached hydrogen (secondary N) is 1. The van der Waals surface area contributed by atoms with E-state index in [1.165, 1.54) is 5.56 Å². The monoisotopic (exact) mass is 224 g/mol. The molecule has 82 valence electrons. The molecule has 1 aromatic carbocycles. The summed E-state index contributed by atoms with van der Waals surface area (Å²) >= 11 is 4.71. The molecule has 1 aromatic rings. The summed E-state index contributed by atoms with van der Waals surface area (Å²) in [5, 5.41) is 3.29. The fourth-order valence-corrected chi connectivity index (χ4v) is 1.40. The van der Waals surface area contributed by atoms with Crippen molar-refractivity contribution in [1.29, 1.82) is 0 Å². The number of methoxy groups -OCH3 is 1. The van der Waals surface area contributed by atoms with Crippen molar-refractivity contribution in [3.05, 3.63) is 29.8 Å². The molecule has 0 fully saturated rings. The fraction of sp³-hybridized carbons (Fsp3) is 0.364. The molecule has 0 aliphatic rings. The summed E-state index contributed by atoms with van der Waals surface area (Å²) < 4.78 is 5.08. The lowest BCUT2D eigenvalue weighted by Crippen LogP contribution is -2.29. The van der Waals surface area contributed by atoms with Crippen molar-refractivity contribution in [2.45, 2.75) is 12.8 Å². The highest BCUT2D eigenvalue weighted by atomic mass is 32.1. The van der Waals surface area contributed by atoms with E-state index in [0.29, 0.717) is 5.11 Å². The zero-order chi connectivity index (χ0) is 11.1. The summed E-state index contributed by atoms with van der Waals surface area (Å²) in [5.41, 5.74) is 6.61. The third-order valence-electron chi connectivity index (χ3n) is 2.10. The lowest BCUT2D eigenvalue weighted by Gasteiger charge is -2.04. The average Bonchev–Trinajstić information content (AvgIpc) is 2.25. The molecule has 0 unspecified atom stereocenters. The van der Waals surface area contributed by atoms with Crippen molar-refractivity contribution in [2.24, 2.45) is 5.73 Å². The smallest absolute Gasteiger partial charge is 0.163 e. The van der Waals surface area contributed by atoms with Gasteiger partial charge >= 0.3 is 0 Å². The molecular formula is C11H16N2OS. The van der Waals surface area contributed by atoms with Gasteiger partial charge < -0.3 is 15.8 Å². The second-order valence-electron chi connectivity index (χ2n) is 3.24. The second-order valence-corrected chi connectivity index (χ2v) is 3.68. The largest absolute Gasteiger partial charge is 0.497 e. The van der Waals surface area contributed by atoms with Crippen molar-refractivity contribution in [2.75, 3.05) is 13.7 Å². The van der Waals surface area contributed by atoms with Crippen LogP contribution in [0.5, 0.6) is 5.75 Å². The van der Waals surface area contributed by atoms with E-state index in [1.54, 1.807) is 7.11 Å². The Bertz CT molecular complexity index is 311. The van der Waals surface area contributed by atoms with Crippen LogP contribution in [0.1, 0.15) is 12.0 Å². The minimum Gasteiger partial charge on any atom is -0.497 e. The van der Waals surface area contributed by atoms with Crippen molar-refractivity contribution in [3.63, 3.8) is 0 Å². The Hall–Kier alpha value is -1.29. The highest BCUT2D eigenvalue weighted by molar-refractivity contribution is 7.80. The summed E-state index contributed by atoms with van der Waals surface area (Å²) in [4.78, 5) is 0. The van der Waals surface area contributed by atoms with Gasteiger partial charge in [0, 0.05) is 6.54 Å². The predicted molar refractivity (Wildman–Crippen MR) is 66.1 cm³/mol. The van der Waals surface area contributed by atoms with Crippen LogP contribution in [0.25, 0.3) is 0 Å². The summed E-state index contributed by atoms with van der Waals surface area (Å²) in [6, 6.07) is 8.08. The van der Waals surface area contributed by atoms with Crippen LogP contribution >= 0.6 is 12.2 Å². The van der Waals surface area contributed by atoms with Crippen LogP contribution in [-0.2, 0) is 6.42 Å². The Morgan fingerprint density at radius 3 is 2.60 bits per heavy atom. The van der Waals surface area contributed by atoms with Crippen LogP contribution in [-0.4, -0.2) is 18.8 Å². The van der Waals surface area contributed by atoms with Crippen molar-refractivity contribution >= 4 is 17.3 Å². The van der Waals surface area contributed by atoms with Crippen molar-refractivity contribution < 1.29 is 4.74 Å². The van der Waals surface area contributed by atoms with E-state index in [2.05, 4.69) is 17.4 Å². The molecule has 0 atom stereocenters. The van der Waals surface area contributed by atoms with E-state index in [4.69, 9.17) is 22.7 Å².